The molecule has 0 unspecified atom stereocenters. The van der Waals surface area contributed by atoms with Crippen LogP contribution in [-0.4, -0.2) is 35.6 Å². The monoisotopic (exact) mass is 237 g/mol. The number of piperidine rings is 1. The minimum atomic E-state index is 0.00377. The number of hydrogen-bond acceptors (Lipinski definition) is 3. The Kier molecular flexibility index (Phi) is 3.54. The number of aryl methyl sites for hydroxylation is 2. The Morgan fingerprint density at radius 3 is 2.47 bits per heavy atom. The Balaban J connectivity index is 2.23. The fourth-order valence-electron chi connectivity index (χ4n) is 2.73. The number of rotatable bonds is 3. The van der Waals surface area contributed by atoms with Gasteiger partial charge >= 0.3 is 0 Å². The summed E-state index contributed by atoms with van der Waals surface area (Å²) in [6, 6.07) is 0. The smallest absolute Gasteiger partial charge is 0.0744 e. The molecule has 0 aliphatic carbocycles. The molecule has 0 aromatic carbocycles. The zero-order valence-electron chi connectivity index (χ0n) is 11.3. The van der Waals surface area contributed by atoms with Gasteiger partial charge in [-0.3, -0.25) is 4.68 Å². The van der Waals surface area contributed by atoms with Crippen molar-refractivity contribution in [3.8, 4) is 0 Å². The largest absolute Gasteiger partial charge is 0.378 e. The molecule has 4 nitrogen and oxygen atoms in total. The van der Waals surface area contributed by atoms with Gasteiger partial charge in [0.15, 0.2) is 0 Å². The van der Waals surface area contributed by atoms with Crippen LogP contribution >= 0.6 is 0 Å². The third-order valence-electron chi connectivity index (χ3n) is 4.11. The molecule has 1 aliphatic rings. The van der Waals surface area contributed by atoms with Crippen LogP contribution in [0.3, 0.4) is 0 Å². The second kappa shape index (κ2) is 4.78. The topological polar surface area (TPSA) is 39.1 Å². The van der Waals surface area contributed by atoms with Crippen LogP contribution in [0.5, 0.6) is 0 Å². The lowest BCUT2D eigenvalue weighted by atomic mass is 9.85. The summed E-state index contributed by atoms with van der Waals surface area (Å²) in [5, 5.41) is 7.88. The summed E-state index contributed by atoms with van der Waals surface area (Å²) in [4.78, 5) is 0. The molecule has 0 saturated carbocycles. The Morgan fingerprint density at radius 1 is 1.35 bits per heavy atom. The first-order valence-corrected chi connectivity index (χ1v) is 6.33. The first-order chi connectivity index (χ1) is 8.08. The van der Waals surface area contributed by atoms with Crippen LogP contribution in [-0.2, 0) is 18.2 Å². The molecule has 1 aliphatic heterocycles. The van der Waals surface area contributed by atoms with E-state index in [0.29, 0.717) is 0 Å². The average Bonchev–Trinajstić information content (AvgIpc) is 2.57. The highest BCUT2D eigenvalue weighted by molar-refractivity contribution is 5.26. The standard InChI is InChI=1S/C13H23N3O/c1-10-12(11(2)16(3)15-10)9-13(17-4)5-7-14-8-6-13/h14H,5-9H2,1-4H3. The maximum Gasteiger partial charge on any atom is 0.0744 e. The molecule has 96 valence electrons. The fraction of sp³-hybridized carbons (Fsp3) is 0.769. The van der Waals surface area contributed by atoms with Crippen LogP contribution in [0.1, 0.15) is 29.8 Å². The fourth-order valence-corrected chi connectivity index (χ4v) is 2.73. The van der Waals surface area contributed by atoms with Crippen LogP contribution in [0.4, 0.5) is 0 Å². The third-order valence-corrected chi connectivity index (χ3v) is 4.11. The van der Waals surface area contributed by atoms with E-state index in [1.54, 1.807) is 0 Å². The van der Waals surface area contributed by atoms with Crippen molar-refractivity contribution in [2.45, 2.75) is 38.7 Å². The summed E-state index contributed by atoms with van der Waals surface area (Å²) < 4.78 is 7.79. The van der Waals surface area contributed by atoms with Crippen molar-refractivity contribution in [2.75, 3.05) is 20.2 Å². The second-order valence-corrected chi connectivity index (χ2v) is 5.09. The van der Waals surface area contributed by atoms with Crippen molar-refractivity contribution >= 4 is 0 Å². The van der Waals surface area contributed by atoms with Crippen molar-refractivity contribution in [3.63, 3.8) is 0 Å². The molecule has 1 aromatic rings. The van der Waals surface area contributed by atoms with Crippen molar-refractivity contribution in [1.29, 1.82) is 0 Å². The lowest BCUT2D eigenvalue weighted by Crippen LogP contribution is -2.45. The molecule has 4 heteroatoms. The lowest BCUT2D eigenvalue weighted by molar-refractivity contribution is -0.0335. The van der Waals surface area contributed by atoms with Crippen LogP contribution in [0, 0.1) is 13.8 Å². The van der Waals surface area contributed by atoms with Gasteiger partial charge in [0.25, 0.3) is 0 Å². The van der Waals surface area contributed by atoms with Crippen LogP contribution in [0.2, 0.25) is 0 Å². The van der Waals surface area contributed by atoms with Gasteiger partial charge in [0, 0.05) is 26.3 Å². The van der Waals surface area contributed by atoms with Crippen LogP contribution in [0.15, 0.2) is 0 Å². The molecular formula is C13H23N3O. The van der Waals surface area contributed by atoms with Crippen molar-refractivity contribution in [3.05, 3.63) is 17.0 Å². The molecule has 0 amide bonds. The maximum atomic E-state index is 5.82. The first-order valence-electron chi connectivity index (χ1n) is 6.33. The number of aromatic nitrogens is 2. The molecule has 0 atom stereocenters. The highest BCUT2D eigenvalue weighted by atomic mass is 16.5. The quantitative estimate of drug-likeness (QED) is 0.862. The van der Waals surface area contributed by atoms with Crippen molar-refractivity contribution in [2.24, 2.45) is 7.05 Å². The summed E-state index contributed by atoms with van der Waals surface area (Å²) in [6.07, 6.45) is 3.14. The Hall–Kier alpha value is -0.870. The molecule has 1 fully saturated rings. The molecule has 1 saturated heterocycles. The van der Waals surface area contributed by atoms with E-state index in [9.17, 15) is 0 Å². The molecular weight excluding hydrogens is 214 g/mol. The third kappa shape index (κ3) is 2.38. The highest BCUT2D eigenvalue weighted by Crippen LogP contribution is 2.29. The van der Waals surface area contributed by atoms with Crippen LogP contribution in [0.25, 0.3) is 0 Å². The molecule has 0 bridgehead atoms. The molecule has 0 radical (unpaired) electrons. The van der Waals surface area contributed by atoms with Gasteiger partial charge in [-0.25, -0.2) is 0 Å². The normalized spacial score (nSPS) is 19.5. The van der Waals surface area contributed by atoms with E-state index in [1.165, 1.54) is 11.3 Å². The van der Waals surface area contributed by atoms with E-state index < -0.39 is 0 Å². The van der Waals surface area contributed by atoms with E-state index in [2.05, 4.69) is 24.3 Å². The Bertz CT molecular complexity index is 392. The van der Waals surface area contributed by atoms with Gasteiger partial charge in [-0.1, -0.05) is 0 Å². The molecule has 17 heavy (non-hydrogen) atoms. The predicted molar refractivity (Wildman–Crippen MR) is 68.2 cm³/mol. The van der Waals surface area contributed by atoms with Gasteiger partial charge in [0.1, 0.15) is 0 Å². The summed E-state index contributed by atoms with van der Waals surface area (Å²) in [5.41, 5.74) is 3.76. The molecule has 1 N–H and O–H groups in total. The molecule has 2 heterocycles. The van der Waals surface area contributed by atoms with E-state index >= 15 is 0 Å². The minimum absolute atomic E-state index is 0.00377. The first kappa shape index (κ1) is 12.6. The van der Waals surface area contributed by atoms with Crippen LogP contribution < -0.4 is 5.32 Å². The zero-order chi connectivity index (χ0) is 12.5. The zero-order valence-corrected chi connectivity index (χ0v) is 11.3. The summed E-state index contributed by atoms with van der Waals surface area (Å²) in [7, 11) is 3.85. The number of methoxy groups -OCH3 is 1. The van der Waals surface area contributed by atoms with Crippen molar-refractivity contribution in [1.82, 2.24) is 15.1 Å². The Morgan fingerprint density at radius 2 is 2.00 bits per heavy atom. The molecule has 0 spiro atoms. The summed E-state index contributed by atoms with van der Waals surface area (Å²) >= 11 is 0. The number of ether oxygens (including phenoxy) is 1. The van der Waals surface area contributed by atoms with Gasteiger partial charge in [-0.05, 0) is 45.3 Å². The summed E-state index contributed by atoms with van der Waals surface area (Å²) in [5.74, 6) is 0. The van der Waals surface area contributed by atoms with E-state index in [0.717, 1.165) is 38.0 Å². The SMILES string of the molecule is COC1(Cc2c(C)nn(C)c2C)CCNCC1. The summed E-state index contributed by atoms with van der Waals surface area (Å²) in [6.45, 7) is 6.32. The minimum Gasteiger partial charge on any atom is -0.378 e. The lowest BCUT2D eigenvalue weighted by Gasteiger charge is -2.36. The van der Waals surface area contributed by atoms with Gasteiger partial charge in [-0.2, -0.15) is 5.10 Å². The maximum absolute atomic E-state index is 5.82. The number of hydrogen-bond donors (Lipinski definition) is 1. The van der Waals surface area contributed by atoms with Gasteiger partial charge in [0.05, 0.1) is 11.3 Å². The number of nitrogens with one attached hydrogen (secondary N) is 1. The van der Waals surface area contributed by atoms with Gasteiger partial charge in [0.2, 0.25) is 0 Å². The average molecular weight is 237 g/mol. The van der Waals surface area contributed by atoms with Gasteiger partial charge < -0.3 is 10.1 Å². The van der Waals surface area contributed by atoms with E-state index in [4.69, 9.17) is 4.74 Å². The highest BCUT2D eigenvalue weighted by Gasteiger charge is 2.33. The number of nitrogens with zero attached hydrogens (tertiary/aromatic N) is 2. The molecule has 2 rings (SSSR count). The van der Waals surface area contributed by atoms with Crippen molar-refractivity contribution < 1.29 is 4.74 Å². The second-order valence-electron chi connectivity index (χ2n) is 5.09. The predicted octanol–water partition coefficient (Wildman–Crippen LogP) is 1.35. The van der Waals surface area contributed by atoms with E-state index in [-0.39, 0.29) is 5.60 Å². The van der Waals surface area contributed by atoms with E-state index in [1.807, 2.05) is 18.8 Å². The molecule has 1 aromatic heterocycles. The Labute approximate surface area is 103 Å². The van der Waals surface area contributed by atoms with Gasteiger partial charge in [-0.15, -0.1) is 0 Å².